The van der Waals surface area contributed by atoms with Crippen LogP contribution >= 0.6 is 12.4 Å². The quantitative estimate of drug-likeness (QED) is 0.650. The maximum absolute atomic E-state index is 12.1. The molecule has 0 radical (unpaired) electrons. The van der Waals surface area contributed by atoms with Crippen LogP contribution in [0.3, 0.4) is 0 Å². The molecule has 7 nitrogen and oxygen atoms in total. The molecule has 1 aliphatic rings. The number of esters is 1. The van der Waals surface area contributed by atoms with Gasteiger partial charge in [0.15, 0.2) is 0 Å². The number of piperidine rings is 1. The normalized spacial score (nSPS) is 16.3. The molecule has 8 heteroatoms. The Balaban J connectivity index is 0.00000312. The summed E-state index contributed by atoms with van der Waals surface area (Å²) in [6, 6.07) is 6.96. The van der Waals surface area contributed by atoms with Crippen LogP contribution in [0.15, 0.2) is 24.3 Å². The minimum Gasteiger partial charge on any atom is -0.468 e. The number of anilines is 1. The number of nitrogens with one attached hydrogen (secondary N) is 3. The molecule has 25 heavy (non-hydrogen) atoms. The maximum atomic E-state index is 12.1. The van der Waals surface area contributed by atoms with E-state index in [4.69, 9.17) is 0 Å². The number of rotatable bonds is 6. The Bertz CT molecular complexity index is 586. The summed E-state index contributed by atoms with van der Waals surface area (Å²) >= 11 is 0. The van der Waals surface area contributed by atoms with E-state index in [0.29, 0.717) is 5.69 Å². The van der Waals surface area contributed by atoms with E-state index in [1.54, 1.807) is 24.3 Å². The van der Waals surface area contributed by atoms with E-state index in [1.807, 2.05) is 0 Å². The van der Waals surface area contributed by atoms with Crippen LogP contribution in [0.1, 0.15) is 24.8 Å². The van der Waals surface area contributed by atoms with Crippen molar-refractivity contribution in [2.45, 2.75) is 31.7 Å². The highest BCUT2D eigenvalue weighted by Gasteiger charge is 2.20. The van der Waals surface area contributed by atoms with Gasteiger partial charge in [-0.2, -0.15) is 0 Å². The van der Waals surface area contributed by atoms with Crippen molar-refractivity contribution in [1.82, 2.24) is 10.6 Å². The highest BCUT2D eigenvalue weighted by Crippen LogP contribution is 2.13. The molecule has 1 unspecified atom stereocenters. The highest BCUT2D eigenvalue weighted by atomic mass is 35.5. The molecule has 138 valence electrons. The number of methoxy groups -OCH3 is 1. The minimum absolute atomic E-state index is 0. The molecule has 1 aromatic rings. The molecule has 1 aliphatic heterocycles. The summed E-state index contributed by atoms with van der Waals surface area (Å²) in [6.07, 6.45) is 3.18. The summed E-state index contributed by atoms with van der Waals surface area (Å²) < 4.78 is 4.45. The van der Waals surface area contributed by atoms with Crippen molar-refractivity contribution >= 4 is 35.9 Å². The molecule has 3 N–H and O–H groups in total. The number of carbonyl (C=O) groups excluding carboxylic acids is 3. The zero-order valence-electron chi connectivity index (χ0n) is 14.2. The molecule has 1 aromatic carbocycles. The Hall–Kier alpha value is -2.12. The number of halogens is 1. The first-order valence-corrected chi connectivity index (χ1v) is 8.05. The molecule has 1 fully saturated rings. The summed E-state index contributed by atoms with van der Waals surface area (Å²) in [4.78, 5) is 34.8. The molecule has 0 spiro atoms. The van der Waals surface area contributed by atoms with Crippen molar-refractivity contribution in [3.8, 4) is 0 Å². The number of carbonyl (C=O) groups is 3. The molecule has 1 saturated heterocycles. The van der Waals surface area contributed by atoms with Crippen LogP contribution < -0.4 is 16.0 Å². The van der Waals surface area contributed by atoms with Crippen LogP contribution in [0.25, 0.3) is 0 Å². The van der Waals surface area contributed by atoms with E-state index in [2.05, 4.69) is 20.7 Å². The van der Waals surface area contributed by atoms with Gasteiger partial charge in [0.1, 0.15) is 6.54 Å². The van der Waals surface area contributed by atoms with Crippen LogP contribution in [0.5, 0.6) is 0 Å². The van der Waals surface area contributed by atoms with Crippen molar-refractivity contribution in [2.75, 3.05) is 25.5 Å². The van der Waals surface area contributed by atoms with Crippen molar-refractivity contribution in [3.05, 3.63) is 29.8 Å². The Morgan fingerprint density at radius 1 is 1.20 bits per heavy atom. The average Bonchev–Trinajstić information content (AvgIpc) is 2.62. The zero-order valence-corrected chi connectivity index (χ0v) is 15.0. The first kappa shape index (κ1) is 20.9. The SMILES string of the molecule is COC(=O)CNC(=O)Cc1ccc(NC(=O)C2CCCCN2)cc1.Cl. The zero-order chi connectivity index (χ0) is 17.4. The predicted octanol–water partition coefficient (Wildman–Crippen LogP) is 1.02. The Morgan fingerprint density at radius 3 is 2.52 bits per heavy atom. The molecule has 0 aromatic heterocycles. The summed E-state index contributed by atoms with van der Waals surface area (Å²) in [5.41, 5.74) is 1.50. The predicted molar refractivity (Wildman–Crippen MR) is 96.7 cm³/mol. The highest BCUT2D eigenvalue weighted by molar-refractivity contribution is 5.95. The first-order valence-electron chi connectivity index (χ1n) is 8.05. The third kappa shape index (κ3) is 7.11. The van der Waals surface area contributed by atoms with Gasteiger partial charge >= 0.3 is 5.97 Å². The molecule has 0 saturated carbocycles. The van der Waals surface area contributed by atoms with Gasteiger partial charge in [-0.1, -0.05) is 18.6 Å². The second-order valence-electron chi connectivity index (χ2n) is 5.72. The summed E-state index contributed by atoms with van der Waals surface area (Å²) in [5.74, 6) is -0.778. The molecule has 2 rings (SSSR count). The van der Waals surface area contributed by atoms with Crippen LogP contribution in [0.4, 0.5) is 5.69 Å². The van der Waals surface area contributed by atoms with E-state index >= 15 is 0 Å². The number of benzene rings is 1. The standard InChI is InChI=1S/C17H23N3O4.ClH/c1-24-16(22)11-19-15(21)10-12-5-7-13(8-6-12)20-17(23)14-4-2-3-9-18-14;/h5-8,14,18H,2-4,9-11H2,1H3,(H,19,21)(H,20,23);1H. The summed E-state index contributed by atoms with van der Waals surface area (Å²) in [5, 5.41) is 8.56. The van der Waals surface area contributed by atoms with Gasteiger partial charge in [-0.15, -0.1) is 12.4 Å². The number of ether oxygens (including phenoxy) is 1. The second kappa shape index (κ2) is 10.7. The van der Waals surface area contributed by atoms with Gasteiger partial charge in [-0.05, 0) is 37.1 Å². The Labute approximate surface area is 153 Å². The fourth-order valence-electron chi connectivity index (χ4n) is 2.50. The lowest BCUT2D eigenvalue weighted by molar-refractivity contribution is -0.141. The molecule has 1 atom stereocenters. The molecule has 0 aliphatic carbocycles. The van der Waals surface area contributed by atoms with Crippen molar-refractivity contribution in [2.24, 2.45) is 0 Å². The average molecular weight is 370 g/mol. The van der Waals surface area contributed by atoms with Gasteiger partial charge in [-0.25, -0.2) is 0 Å². The lowest BCUT2D eigenvalue weighted by atomic mass is 10.0. The Kier molecular flexibility index (Phi) is 8.94. The van der Waals surface area contributed by atoms with Crippen LogP contribution in [-0.2, 0) is 25.5 Å². The first-order chi connectivity index (χ1) is 11.6. The fourth-order valence-corrected chi connectivity index (χ4v) is 2.50. The number of hydrogen-bond acceptors (Lipinski definition) is 5. The van der Waals surface area contributed by atoms with Crippen LogP contribution in [0, 0.1) is 0 Å². The van der Waals surface area contributed by atoms with Crippen molar-refractivity contribution < 1.29 is 19.1 Å². The van der Waals surface area contributed by atoms with E-state index in [-0.39, 0.29) is 43.2 Å². The van der Waals surface area contributed by atoms with Crippen LogP contribution in [0.2, 0.25) is 0 Å². The van der Waals surface area contributed by atoms with Crippen molar-refractivity contribution in [3.63, 3.8) is 0 Å². The molecular formula is C17H24ClN3O4. The lowest BCUT2D eigenvalue weighted by Crippen LogP contribution is -2.43. The van der Waals surface area contributed by atoms with E-state index in [9.17, 15) is 14.4 Å². The third-order valence-electron chi connectivity index (χ3n) is 3.87. The molecule has 0 bridgehead atoms. The van der Waals surface area contributed by atoms with Gasteiger partial charge in [0, 0.05) is 5.69 Å². The lowest BCUT2D eigenvalue weighted by Gasteiger charge is -2.22. The van der Waals surface area contributed by atoms with Gasteiger partial charge in [0.25, 0.3) is 0 Å². The number of hydrogen-bond donors (Lipinski definition) is 3. The van der Waals surface area contributed by atoms with E-state index in [0.717, 1.165) is 31.4 Å². The summed E-state index contributed by atoms with van der Waals surface area (Å²) in [7, 11) is 1.27. The second-order valence-corrected chi connectivity index (χ2v) is 5.72. The molecule has 2 amide bonds. The third-order valence-corrected chi connectivity index (χ3v) is 3.87. The minimum atomic E-state index is -0.488. The topological polar surface area (TPSA) is 96.5 Å². The van der Waals surface area contributed by atoms with Gasteiger partial charge in [0.05, 0.1) is 19.6 Å². The molecule has 1 heterocycles. The maximum Gasteiger partial charge on any atom is 0.325 e. The largest absolute Gasteiger partial charge is 0.468 e. The van der Waals surface area contributed by atoms with Crippen LogP contribution in [-0.4, -0.2) is 44.0 Å². The number of amides is 2. The van der Waals surface area contributed by atoms with E-state index < -0.39 is 5.97 Å². The van der Waals surface area contributed by atoms with Gasteiger partial charge < -0.3 is 20.7 Å². The van der Waals surface area contributed by atoms with Crippen molar-refractivity contribution in [1.29, 1.82) is 0 Å². The van der Waals surface area contributed by atoms with Gasteiger partial charge in [0.2, 0.25) is 11.8 Å². The van der Waals surface area contributed by atoms with Gasteiger partial charge in [-0.3, -0.25) is 14.4 Å². The Morgan fingerprint density at radius 2 is 1.92 bits per heavy atom. The fraction of sp³-hybridized carbons (Fsp3) is 0.471. The monoisotopic (exact) mass is 369 g/mol. The molecular weight excluding hydrogens is 346 g/mol. The van der Waals surface area contributed by atoms with E-state index in [1.165, 1.54) is 7.11 Å². The summed E-state index contributed by atoms with van der Waals surface area (Å²) in [6.45, 7) is 0.732. The smallest absolute Gasteiger partial charge is 0.325 e.